The molecule has 4 nitrogen and oxygen atoms in total. The molecule has 0 spiro atoms. The molecule has 0 aromatic heterocycles. The molecule has 0 saturated carbocycles. The number of carboxylic acids is 1. The summed E-state index contributed by atoms with van der Waals surface area (Å²) in [6.45, 7) is 1.88. The van der Waals surface area contributed by atoms with E-state index in [-0.39, 0.29) is 24.8 Å². The quantitative estimate of drug-likeness (QED) is 0.391. The van der Waals surface area contributed by atoms with E-state index in [0.717, 1.165) is 17.7 Å². The number of hydrogen-bond donors (Lipinski definition) is 2. The lowest BCUT2D eigenvalue weighted by Crippen LogP contribution is -2.25. The van der Waals surface area contributed by atoms with Gasteiger partial charge in [-0.25, -0.2) is 4.39 Å². The van der Waals surface area contributed by atoms with Crippen molar-refractivity contribution in [2.45, 2.75) is 31.9 Å². The molecule has 34 heavy (non-hydrogen) atoms. The summed E-state index contributed by atoms with van der Waals surface area (Å²) in [6, 6.07) is 16.0. The number of carboxylic acid groups (broad SMARTS) is 1. The lowest BCUT2D eigenvalue weighted by atomic mass is 9.90. The van der Waals surface area contributed by atoms with Crippen molar-refractivity contribution in [3.63, 3.8) is 0 Å². The van der Waals surface area contributed by atoms with Crippen LogP contribution in [0.4, 0.5) is 17.6 Å². The van der Waals surface area contributed by atoms with Crippen molar-refractivity contribution in [3.05, 3.63) is 94.8 Å². The molecule has 0 radical (unpaired) electrons. The maximum atomic E-state index is 14.6. The van der Waals surface area contributed by atoms with Gasteiger partial charge in [-0.3, -0.25) is 9.59 Å². The normalized spacial score (nSPS) is 12.3. The summed E-state index contributed by atoms with van der Waals surface area (Å²) in [6.07, 6.45) is -4.11. The Bertz CT molecular complexity index is 1160. The molecule has 3 aromatic rings. The molecule has 3 rings (SSSR count). The van der Waals surface area contributed by atoms with Crippen molar-refractivity contribution in [1.29, 1.82) is 0 Å². The lowest BCUT2D eigenvalue weighted by Gasteiger charge is -2.15. The SMILES string of the molecule is CC(Cc1ccc(C(=O)NCCC(=O)O)cc1)c1cc(-c2ccc(C(F)(F)F)cc2)ccc1F. The summed E-state index contributed by atoms with van der Waals surface area (Å²) in [7, 11) is 0. The van der Waals surface area contributed by atoms with Gasteiger partial charge in [0.25, 0.3) is 5.91 Å². The Balaban J connectivity index is 1.70. The highest BCUT2D eigenvalue weighted by atomic mass is 19.4. The van der Waals surface area contributed by atoms with Crippen LogP contribution in [0, 0.1) is 5.82 Å². The monoisotopic (exact) mass is 473 g/mol. The molecule has 1 atom stereocenters. The van der Waals surface area contributed by atoms with E-state index in [2.05, 4.69) is 5.32 Å². The first kappa shape index (κ1) is 25.0. The highest BCUT2D eigenvalue weighted by molar-refractivity contribution is 5.94. The van der Waals surface area contributed by atoms with Crippen molar-refractivity contribution in [2.75, 3.05) is 6.54 Å². The number of aliphatic carboxylic acids is 1. The minimum absolute atomic E-state index is 0.0293. The Hall–Kier alpha value is -3.68. The third kappa shape index (κ3) is 6.43. The van der Waals surface area contributed by atoms with Crippen LogP contribution in [0.1, 0.15) is 46.3 Å². The van der Waals surface area contributed by atoms with Gasteiger partial charge in [0.1, 0.15) is 5.82 Å². The molecule has 2 N–H and O–H groups in total. The summed E-state index contributed by atoms with van der Waals surface area (Å²) in [5.74, 6) is -2.02. The molecule has 1 amide bonds. The third-order valence-corrected chi connectivity index (χ3v) is 5.45. The fourth-order valence-corrected chi connectivity index (χ4v) is 3.59. The maximum Gasteiger partial charge on any atom is 0.416 e. The lowest BCUT2D eigenvalue weighted by molar-refractivity contribution is -0.138. The molecule has 0 fully saturated rings. The van der Waals surface area contributed by atoms with E-state index in [0.29, 0.717) is 28.7 Å². The Kier molecular flexibility index (Phi) is 7.71. The fourth-order valence-electron chi connectivity index (χ4n) is 3.59. The van der Waals surface area contributed by atoms with E-state index >= 15 is 0 Å². The van der Waals surface area contributed by atoms with Gasteiger partial charge in [0.05, 0.1) is 12.0 Å². The standard InChI is InChI=1S/C26H23F4NO3/c1-16(14-17-2-4-19(5-3-17)25(34)31-13-12-24(32)33)22-15-20(8-11-23(22)27)18-6-9-21(10-7-18)26(28,29)30/h2-11,15-16H,12-14H2,1H3,(H,31,34)(H,32,33). The molecule has 0 bridgehead atoms. The average molecular weight is 473 g/mol. The van der Waals surface area contributed by atoms with Crippen LogP contribution >= 0.6 is 0 Å². The topological polar surface area (TPSA) is 66.4 Å². The van der Waals surface area contributed by atoms with Crippen molar-refractivity contribution in [1.82, 2.24) is 5.32 Å². The molecule has 0 saturated heterocycles. The zero-order chi connectivity index (χ0) is 24.9. The van der Waals surface area contributed by atoms with Crippen LogP contribution in [0.3, 0.4) is 0 Å². The zero-order valence-electron chi connectivity index (χ0n) is 18.3. The number of nitrogens with one attached hydrogen (secondary N) is 1. The first-order valence-corrected chi connectivity index (χ1v) is 10.6. The van der Waals surface area contributed by atoms with Gasteiger partial charge in [0.2, 0.25) is 0 Å². The number of rotatable bonds is 8. The predicted molar refractivity (Wildman–Crippen MR) is 120 cm³/mol. The van der Waals surface area contributed by atoms with Gasteiger partial charge in [0, 0.05) is 12.1 Å². The van der Waals surface area contributed by atoms with E-state index < -0.39 is 23.5 Å². The van der Waals surface area contributed by atoms with E-state index in [1.54, 1.807) is 30.3 Å². The molecule has 1 unspecified atom stereocenters. The number of hydrogen-bond acceptors (Lipinski definition) is 2. The maximum absolute atomic E-state index is 14.6. The highest BCUT2D eigenvalue weighted by Gasteiger charge is 2.30. The fraction of sp³-hybridized carbons (Fsp3) is 0.231. The predicted octanol–water partition coefficient (Wildman–Crippen LogP) is 6.06. The third-order valence-electron chi connectivity index (χ3n) is 5.45. The van der Waals surface area contributed by atoms with Gasteiger partial charge in [-0.1, -0.05) is 37.3 Å². The van der Waals surface area contributed by atoms with Gasteiger partial charge in [0.15, 0.2) is 0 Å². The van der Waals surface area contributed by atoms with Crippen LogP contribution < -0.4 is 5.32 Å². The van der Waals surface area contributed by atoms with Crippen molar-refractivity contribution >= 4 is 11.9 Å². The molecule has 178 valence electrons. The van der Waals surface area contributed by atoms with Crippen LogP contribution in [0.2, 0.25) is 0 Å². The zero-order valence-corrected chi connectivity index (χ0v) is 18.3. The van der Waals surface area contributed by atoms with Crippen molar-refractivity contribution in [3.8, 4) is 11.1 Å². The van der Waals surface area contributed by atoms with Crippen LogP contribution in [0.25, 0.3) is 11.1 Å². The van der Waals surface area contributed by atoms with Gasteiger partial charge in [-0.2, -0.15) is 13.2 Å². The minimum Gasteiger partial charge on any atom is -0.481 e. The number of carbonyl (C=O) groups is 2. The van der Waals surface area contributed by atoms with E-state index in [1.807, 2.05) is 6.92 Å². The molecule has 0 heterocycles. The molecule has 0 aliphatic rings. The Labute approximate surface area is 194 Å². The summed E-state index contributed by atoms with van der Waals surface area (Å²) >= 11 is 0. The summed E-state index contributed by atoms with van der Waals surface area (Å²) in [4.78, 5) is 22.6. The van der Waals surface area contributed by atoms with Crippen molar-refractivity contribution < 1.29 is 32.3 Å². The average Bonchev–Trinajstić information content (AvgIpc) is 2.79. The number of amides is 1. The van der Waals surface area contributed by atoms with Crippen LogP contribution in [-0.2, 0) is 17.4 Å². The molecule has 8 heteroatoms. The highest BCUT2D eigenvalue weighted by Crippen LogP contribution is 2.32. The Morgan fingerprint density at radius 3 is 2.15 bits per heavy atom. The second kappa shape index (κ2) is 10.5. The first-order chi connectivity index (χ1) is 16.0. The first-order valence-electron chi connectivity index (χ1n) is 10.6. The van der Waals surface area contributed by atoms with Gasteiger partial charge >= 0.3 is 12.1 Å². The Morgan fingerprint density at radius 1 is 0.941 bits per heavy atom. The summed E-state index contributed by atoms with van der Waals surface area (Å²) in [5.41, 5.74) is 2.12. The van der Waals surface area contributed by atoms with Crippen LogP contribution in [0.5, 0.6) is 0 Å². The second-order valence-electron chi connectivity index (χ2n) is 8.01. The van der Waals surface area contributed by atoms with E-state index in [4.69, 9.17) is 5.11 Å². The van der Waals surface area contributed by atoms with E-state index in [9.17, 15) is 27.2 Å². The van der Waals surface area contributed by atoms with Gasteiger partial charge < -0.3 is 10.4 Å². The van der Waals surface area contributed by atoms with Gasteiger partial charge in [-0.05, 0) is 71.0 Å². The summed E-state index contributed by atoms with van der Waals surface area (Å²) < 4.78 is 53.0. The van der Waals surface area contributed by atoms with E-state index in [1.165, 1.54) is 24.3 Å². The van der Waals surface area contributed by atoms with Gasteiger partial charge in [-0.15, -0.1) is 0 Å². The minimum atomic E-state index is -4.42. The molecular formula is C26H23F4NO3. The molecule has 0 aliphatic carbocycles. The number of carbonyl (C=O) groups excluding carboxylic acids is 1. The molecular weight excluding hydrogens is 450 g/mol. The largest absolute Gasteiger partial charge is 0.481 e. The van der Waals surface area contributed by atoms with Crippen molar-refractivity contribution in [2.24, 2.45) is 0 Å². The smallest absolute Gasteiger partial charge is 0.416 e. The van der Waals surface area contributed by atoms with Crippen LogP contribution in [0.15, 0.2) is 66.7 Å². The molecule has 0 aliphatic heterocycles. The number of alkyl halides is 3. The van der Waals surface area contributed by atoms with Crippen LogP contribution in [-0.4, -0.2) is 23.5 Å². The Morgan fingerprint density at radius 2 is 1.56 bits per heavy atom. The molecule has 3 aromatic carbocycles. The second-order valence-corrected chi connectivity index (χ2v) is 8.01. The number of benzene rings is 3. The summed E-state index contributed by atoms with van der Waals surface area (Å²) in [5, 5.41) is 11.2. The number of halogens is 4.